The van der Waals surface area contributed by atoms with Gasteiger partial charge in [-0.3, -0.25) is 4.79 Å². The van der Waals surface area contributed by atoms with Crippen molar-refractivity contribution in [1.82, 2.24) is 10.3 Å². The molecule has 0 spiro atoms. The molecule has 1 saturated heterocycles. The van der Waals surface area contributed by atoms with Crippen molar-refractivity contribution in [1.29, 1.82) is 0 Å². The van der Waals surface area contributed by atoms with E-state index in [0.717, 1.165) is 35.2 Å². The molecule has 0 saturated carbocycles. The van der Waals surface area contributed by atoms with Crippen molar-refractivity contribution in [3.8, 4) is 0 Å². The molecule has 1 aliphatic carbocycles. The van der Waals surface area contributed by atoms with Gasteiger partial charge < -0.3 is 10.1 Å². The van der Waals surface area contributed by atoms with Crippen LogP contribution in [0.3, 0.4) is 0 Å². The highest BCUT2D eigenvalue weighted by Gasteiger charge is 2.30. The van der Waals surface area contributed by atoms with Gasteiger partial charge in [0.05, 0.1) is 38.3 Å². The molecule has 192 valence electrons. The number of para-hydroxylation sites is 1. The van der Waals surface area contributed by atoms with Gasteiger partial charge in [-0.1, -0.05) is 47.5 Å². The average molecular weight is 559 g/mol. The van der Waals surface area contributed by atoms with E-state index in [4.69, 9.17) is 32.9 Å². The molecule has 1 N–H and O–H groups in total. The van der Waals surface area contributed by atoms with Gasteiger partial charge >= 0.3 is 5.97 Å². The molecule has 10 heteroatoms. The Morgan fingerprint density at radius 2 is 1.92 bits per heavy atom. The monoisotopic (exact) mass is 558 g/mol. The second-order valence-corrected chi connectivity index (χ2v) is 12.3. The lowest BCUT2D eigenvalue weighted by atomic mass is 9.86. The molecule has 7 nitrogen and oxygen atoms in total. The molecule has 3 aromatic rings. The van der Waals surface area contributed by atoms with E-state index in [2.05, 4.69) is 5.32 Å². The van der Waals surface area contributed by atoms with E-state index in [-0.39, 0.29) is 11.5 Å². The van der Waals surface area contributed by atoms with Gasteiger partial charge in [0.15, 0.2) is 16.4 Å². The Balaban J connectivity index is 1.44. The molecule has 1 fully saturated rings. The lowest BCUT2D eigenvalue weighted by molar-refractivity contribution is -0.124. The van der Waals surface area contributed by atoms with Crippen molar-refractivity contribution in [3.05, 3.63) is 74.9 Å². The molecule has 0 bridgehead atoms. The van der Waals surface area contributed by atoms with E-state index in [0.29, 0.717) is 39.4 Å². The Hall–Kier alpha value is -2.94. The van der Waals surface area contributed by atoms with Crippen molar-refractivity contribution in [2.75, 3.05) is 18.1 Å². The fourth-order valence-corrected chi connectivity index (χ4v) is 6.87. The van der Waals surface area contributed by atoms with Gasteiger partial charge in [0.1, 0.15) is 0 Å². The number of rotatable bonds is 5. The van der Waals surface area contributed by atoms with Gasteiger partial charge in [-0.15, -0.1) is 0 Å². The van der Waals surface area contributed by atoms with Crippen LogP contribution in [0.2, 0.25) is 10.0 Å². The molecule has 2 heterocycles. The van der Waals surface area contributed by atoms with Crippen LogP contribution >= 0.6 is 23.2 Å². The van der Waals surface area contributed by atoms with Crippen LogP contribution in [-0.2, 0) is 25.8 Å². The number of pyridine rings is 1. The molecule has 1 aromatic heterocycles. The number of esters is 1. The normalized spacial score (nSPS) is 19.5. The summed E-state index contributed by atoms with van der Waals surface area (Å²) in [5.41, 5.74) is 4.40. The van der Waals surface area contributed by atoms with Gasteiger partial charge in [-0.2, -0.15) is 0 Å². The summed E-state index contributed by atoms with van der Waals surface area (Å²) in [5, 5.41) is 4.23. The summed E-state index contributed by atoms with van der Waals surface area (Å²) in [4.78, 5) is 30.6. The largest absolute Gasteiger partial charge is 0.452 e. The summed E-state index contributed by atoms with van der Waals surface area (Å²) >= 11 is 12.3. The third-order valence-corrected chi connectivity index (χ3v) is 9.10. The number of benzene rings is 2. The lowest BCUT2D eigenvalue weighted by Gasteiger charge is -2.22. The van der Waals surface area contributed by atoms with Gasteiger partial charge in [0.25, 0.3) is 5.91 Å². The predicted molar refractivity (Wildman–Crippen MR) is 144 cm³/mol. The minimum Gasteiger partial charge on any atom is -0.452 e. The number of aromatic nitrogens is 1. The van der Waals surface area contributed by atoms with Crippen molar-refractivity contribution in [2.45, 2.75) is 31.7 Å². The molecule has 37 heavy (non-hydrogen) atoms. The van der Waals surface area contributed by atoms with E-state index >= 15 is 0 Å². The Bertz CT molecular complexity index is 1550. The number of allylic oxidation sites excluding steroid dienone is 1. The number of carbonyl (C=O) groups excluding carboxylic acids is 2. The number of carbonyl (C=O) groups is 2. The molecular weight excluding hydrogens is 535 g/mol. The van der Waals surface area contributed by atoms with Crippen LogP contribution in [0.4, 0.5) is 0 Å². The van der Waals surface area contributed by atoms with Gasteiger partial charge in [0, 0.05) is 11.4 Å². The minimum atomic E-state index is -3.13. The molecular formula is C27H24Cl2N2O5S. The Kier molecular flexibility index (Phi) is 7.25. The summed E-state index contributed by atoms with van der Waals surface area (Å²) < 4.78 is 28.7. The maximum absolute atomic E-state index is 13.3. The zero-order chi connectivity index (χ0) is 26.2. The minimum absolute atomic E-state index is 0.0466. The number of fused-ring (bicyclic) bond motifs is 2. The number of ether oxygens (including phenoxy) is 1. The Morgan fingerprint density at radius 3 is 2.68 bits per heavy atom. The number of hydrogen-bond donors (Lipinski definition) is 1. The average Bonchev–Trinajstić information content (AvgIpc) is 3.21. The number of amides is 1. The van der Waals surface area contributed by atoms with Crippen LogP contribution in [-0.4, -0.2) is 49.4 Å². The summed E-state index contributed by atoms with van der Waals surface area (Å²) in [5.74, 6) is -1.18. The molecule has 5 rings (SSSR count). The SMILES string of the molecule is O=C(COC(=O)c1c2c(nc3ccccc13)/C(=C\c1ccc(Cl)c(Cl)c1)CCC2)NC1CCS(=O)(=O)C1. The second kappa shape index (κ2) is 10.4. The number of hydrogen-bond acceptors (Lipinski definition) is 6. The molecule has 1 aliphatic heterocycles. The molecule has 2 aromatic carbocycles. The zero-order valence-corrected chi connectivity index (χ0v) is 22.1. The smallest absolute Gasteiger partial charge is 0.339 e. The number of sulfone groups is 1. The highest BCUT2D eigenvalue weighted by Crippen LogP contribution is 2.37. The second-order valence-electron chi connectivity index (χ2n) is 9.27. The van der Waals surface area contributed by atoms with E-state index in [9.17, 15) is 18.0 Å². The molecule has 0 radical (unpaired) electrons. The third-order valence-electron chi connectivity index (χ3n) is 6.59. The standard InChI is InChI=1S/C27H24Cl2N2O5S/c28-21-9-8-16(13-22(21)29)12-17-4-3-6-20-25(19-5-1-2-7-23(19)31-26(17)20)27(33)36-14-24(32)30-18-10-11-37(34,35)15-18/h1-2,5,7-9,12-13,18H,3-4,6,10-11,14-15H2,(H,30,32)/b17-12-. The first-order valence-electron chi connectivity index (χ1n) is 11.9. The van der Waals surface area contributed by atoms with Gasteiger partial charge in [-0.25, -0.2) is 18.2 Å². The highest BCUT2D eigenvalue weighted by molar-refractivity contribution is 7.91. The third kappa shape index (κ3) is 5.66. The van der Waals surface area contributed by atoms with Crippen molar-refractivity contribution in [3.63, 3.8) is 0 Å². The van der Waals surface area contributed by atoms with Crippen LogP contribution in [0.1, 0.15) is 46.4 Å². The first-order valence-corrected chi connectivity index (χ1v) is 14.5. The number of nitrogens with zero attached hydrogens (tertiary/aromatic N) is 1. The Labute approximate surface area is 224 Å². The summed E-state index contributed by atoms with van der Waals surface area (Å²) in [6.07, 6.45) is 4.60. The highest BCUT2D eigenvalue weighted by atomic mass is 35.5. The maximum Gasteiger partial charge on any atom is 0.339 e. The zero-order valence-electron chi connectivity index (χ0n) is 19.8. The quantitative estimate of drug-likeness (QED) is 0.448. The van der Waals surface area contributed by atoms with Crippen LogP contribution in [0, 0.1) is 0 Å². The molecule has 1 amide bonds. The molecule has 1 unspecified atom stereocenters. The lowest BCUT2D eigenvalue weighted by Crippen LogP contribution is -2.38. The molecule has 1 atom stereocenters. The summed E-state index contributed by atoms with van der Waals surface area (Å²) in [7, 11) is -3.13. The number of halogens is 2. The fourth-order valence-electron chi connectivity index (χ4n) is 4.89. The predicted octanol–water partition coefficient (Wildman–Crippen LogP) is 4.88. The number of nitrogens with one attached hydrogen (secondary N) is 1. The van der Waals surface area contributed by atoms with Crippen molar-refractivity contribution >= 4 is 67.5 Å². The van der Waals surface area contributed by atoms with Crippen LogP contribution in [0.5, 0.6) is 0 Å². The van der Waals surface area contributed by atoms with E-state index in [1.807, 2.05) is 36.4 Å². The summed E-state index contributed by atoms with van der Waals surface area (Å²) in [6, 6.07) is 12.3. The maximum atomic E-state index is 13.3. The molecule has 2 aliphatic rings. The Morgan fingerprint density at radius 1 is 1.11 bits per heavy atom. The van der Waals surface area contributed by atoms with E-state index in [1.165, 1.54) is 0 Å². The van der Waals surface area contributed by atoms with Gasteiger partial charge in [-0.05, 0) is 66.7 Å². The van der Waals surface area contributed by atoms with E-state index in [1.54, 1.807) is 12.1 Å². The summed E-state index contributed by atoms with van der Waals surface area (Å²) in [6.45, 7) is -0.493. The topological polar surface area (TPSA) is 102 Å². The van der Waals surface area contributed by atoms with Crippen molar-refractivity contribution < 1.29 is 22.7 Å². The van der Waals surface area contributed by atoms with Crippen LogP contribution in [0.15, 0.2) is 42.5 Å². The van der Waals surface area contributed by atoms with Gasteiger partial charge in [0.2, 0.25) is 0 Å². The first-order chi connectivity index (χ1) is 17.7. The van der Waals surface area contributed by atoms with Crippen LogP contribution < -0.4 is 5.32 Å². The fraction of sp³-hybridized carbons (Fsp3) is 0.296. The van der Waals surface area contributed by atoms with E-state index < -0.39 is 34.4 Å². The van der Waals surface area contributed by atoms with Crippen molar-refractivity contribution in [2.24, 2.45) is 0 Å². The van der Waals surface area contributed by atoms with Crippen LogP contribution in [0.25, 0.3) is 22.6 Å². The first kappa shape index (κ1) is 25.7.